The Hall–Kier alpha value is -3.50. The zero-order valence-corrected chi connectivity index (χ0v) is 15.7. The third kappa shape index (κ3) is 2.22. The molecule has 3 aromatic heterocycles. The van der Waals surface area contributed by atoms with E-state index in [0.717, 1.165) is 22.7 Å². The van der Waals surface area contributed by atoms with Crippen molar-refractivity contribution < 1.29 is 0 Å². The van der Waals surface area contributed by atoms with Crippen molar-refractivity contribution in [1.82, 2.24) is 14.5 Å². The lowest BCUT2D eigenvalue weighted by Crippen LogP contribution is -2.00. The van der Waals surface area contributed by atoms with Crippen LogP contribution in [0.4, 0.5) is 0 Å². The molecule has 0 bridgehead atoms. The largest absolute Gasteiger partial charge is 0.292 e. The van der Waals surface area contributed by atoms with Crippen LogP contribution in [-0.4, -0.2) is 14.5 Å². The van der Waals surface area contributed by atoms with Gasteiger partial charge in [0.05, 0.1) is 15.7 Å². The van der Waals surface area contributed by atoms with Crippen LogP contribution in [0.15, 0.2) is 90.4 Å². The number of thiophene rings is 1. The summed E-state index contributed by atoms with van der Waals surface area (Å²) < 4.78 is 3.56. The number of para-hydroxylation sites is 1. The van der Waals surface area contributed by atoms with Crippen LogP contribution < -0.4 is 0 Å². The number of benzene rings is 3. The van der Waals surface area contributed by atoms with E-state index in [1.54, 1.807) is 11.3 Å². The molecule has 0 atom stereocenters. The summed E-state index contributed by atoms with van der Waals surface area (Å²) in [5.74, 6) is 1.63. The van der Waals surface area contributed by atoms with Crippen LogP contribution in [0.5, 0.6) is 0 Å². The quantitative estimate of drug-likeness (QED) is 0.347. The Bertz CT molecular complexity index is 1460. The number of fused-ring (bicyclic) bond motifs is 5. The zero-order valence-electron chi connectivity index (χ0n) is 14.9. The predicted octanol–water partition coefficient (Wildman–Crippen LogP) is 6.46. The van der Waals surface area contributed by atoms with Crippen LogP contribution in [0.1, 0.15) is 0 Å². The van der Waals surface area contributed by atoms with E-state index < -0.39 is 0 Å². The summed E-state index contributed by atoms with van der Waals surface area (Å²) >= 11 is 1.78. The number of hydrogen-bond acceptors (Lipinski definition) is 3. The lowest BCUT2D eigenvalue weighted by Gasteiger charge is -2.09. The lowest BCUT2D eigenvalue weighted by atomic mass is 10.1. The average molecular weight is 377 g/mol. The second kappa shape index (κ2) is 6.01. The molecule has 0 aliphatic carbocycles. The first-order chi connectivity index (χ1) is 13.9. The van der Waals surface area contributed by atoms with Crippen LogP contribution in [0.3, 0.4) is 0 Å². The molecule has 3 aromatic carbocycles. The molecule has 0 saturated heterocycles. The zero-order chi connectivity index (χ0) is 18.5. The number of nitrogens with zero attached hydrogens (tertiary/aromatic N) is 3. The summed E-state index contributed by atoms with van der Waals surface area (Å²) in [6, 6.07) is 27.3. The summed E-state index contributed by atoms with van der Waals surface area (Å²) in [5, 5.41) is 5.92. The molecule has 6 aromatic rings. The van der Waals surface area contributed by atoms with Crippen molar-refractivity contribution in [2.24, 2.45) is 0 Å². The van der Waals surface area contributed by atoms with Gasteiger partial charge in [-0.3, -0.25) is 4.57 Å². The van der Waals surface area contributed by atoms with E-state index >= 15 is 0 Å². The van der Waals surface area contributed by atoms with Gasteiger partial charge in [0.25, 0.3) is 0 Å². The molecule has 0 unspecified atom stereocenters. The normalized spacial score (nSPS) is 11.6. The van der Waals surface area contributed by atoms with Crippen molar-refractivity contribution in [3.05, 3.63) is 90.4 Å². The van der Waals surface area contributed by atoms with Gasteiger partial charge in [-0.05, 0) is 29.0 Å². The summed E-state index contributed by atoms with van der Waals surface area (Å²) in [6.45, 7) is 0. The molecule has 4 heteroatoms. The minimum absolute atomic E-state index is 0.738. The molecule has 3 nitrogen and oxygen atoms in total. The second-order valence-corrected chi connectivity index (χ2v) is 7.67. The minimum Gasteiger partial charge on any atom is -0.292 e. The van der Waals surface area contributed by atoms with Gasteiger partial charge in [0.2, 0.25) is 0 Å². The summed E-state index contributed by atoms with van der Waals surface area (Å²) in [5.41, 5.74) is 3.40. The molecule has 132 valence electrons. The standard InChI is InChI=1S/C24H15N3S/c1-2-6-17(7-3-1)24-25-14-12-21(26-24)27-20-9-5-4-8-18(20)19-11-10-16-13-15-28-23(16)22(19)27/h1-15H. The minimum atomic E-state index is 0.738. The van der Waals surface area contributed by atoms with Crippen molar-refractivity contribution in [3.63, 3.8) is 0 Å². The van der Waals surface area contributed by atoms with Crippen LogP contribution in [0.25, 0.3) is 49.1 Å². The van der Waals surface area contributed by atoms with Crippen molar-refractivity contribution in [2.45, 2.75) is 0 Å². The van der Waals surface area contributed by atoms with E-state index in [1.165, 1.54) is 26.4 Å². The van der Waals surface area contributed by atoms with Gasteiger partial charge in [0.1, 0.15) is 5.82 Å². The summed E-state index contributed by atoms with van der Waals surface area (Å²) in [7, 11) is 0. The van der Waals surface area contributed by atoms with E-state index in [4.69, 9.17) is 4.98 Å². The Balaban J connectivity index is 1.73. The molecule has 0 aliphatic rings. The van der Waals surface area contributed by atoms with Gasteiger partial charge in [-0.15, -0.1) is 11.3 Å². The maximum Gasteiger partial charge on any atom is 0.161 e. The highest BCUT2D eigenvalue weighted by atomic mass is 32.1. The van der Waals surface area contributed by atoms with E-state index in [1.807, 2.05) is 42.6 Å². The Labute approximate surface area is 165 Å². The number of aromatic nitrogens is 3. The van der Waals surface area contributed by atoms with Gasteiger partial charge in [0, 0.05) is 22.5 Å². The van der Waals surface area contributed by atoms with Crippen molar-refractivity contribution in [3.8, 4) is 17.2 Å². The average Bonchev–Trinajstić information content (AvgIpc) is 3.37. The molecule has 0 amide bonds. The van der Waals surface area contributed by atoms with Crippen LogP contribution >= 0.6 is 11.3 Å². The van der Waals surface area contributed by atoms with Gasteiger partial charge in [-0.1, -0.05) is 60.7 Å². The molecule has 0 N–H and O–H groups in total. The van der Waals surface area contributed by atoms with Gasteiger partial charge < -0.3 is 0 Å². The van der Waals surface area contributed by atoms with E-state index in [0.29, 0.717) is 0 Å². The number of rotatable bonds is 2. The first-order valence-electron chi connectivity index (χ1n) is 9.18. The third-order valence-corrected chi connectivity index (χ3v) is 6.09. The Kier molecular flexibility index (Phi) is 3.34. The van der Waals surface area contributed by atoms with Crippen LogP contribution in [0.2, 0.25) is 0 Å². The monoisotopic (exact) mass is 377 g/mol. The molecule has 0 saturated carbocycles. The van der Waals surface area contributed by atoms with Gasteiger partial charge in [-0.25, -0.2) is 9.97 Å². The first-order valence-corrected chi connectivity index (χ1v) is 10.1. The van der Waals surface area contributed by atoms with Crippen molar-refractivity contribution in [1.29, 1.82) is 0 Å². The topological polar surface area (TPSA) is 30.7 Å². The fourth-order valence-electron chi connectivity index (χ4n) is 3.91. The SMILES string of the molecule is c1ccc(-c2nccc(-n3c4ccccc4c4ccc5ccsc5c43)n2)cc1. The van der Waals surface area contributed by atoms with E-state index in [-0.39, 0.29) is 0 Å². The van der Waals surface area contributed by atoms with E-state index in [9.17, 15) is 0 Å². The Morgan fingerprint density at radius 3 is 2.54 bits per heavy atom. The predicted molar refractivity (Wildman–Crippen MR) is 117 cm³/mol. The fraction of sp³-hybridized carbons (Fsp3) is 0. The molecular weight excluding hydrogens is 362 g/mol. The molecule has 0 fully saturated rings. The molecule has 3 heterocycles. The highest BCUT2D eigenvalue weighted by Gasteiger charge is 2.16. The van der Waals surface area contributed by atoms with Crippen LogP contribution in [0, 0.1) is 0 Å². The second-order valence-electron chi connectivity index (χ2n) is 6.76. The maximum atomic E-state index is 4.93. The first kappa shape index (κ1) is 15.5. The van der Waals surface area contributed by atoms with Gasteiger partial charge in [0.15, 0.2) is 5.82 Å². The third-order valence-electron chi connectivity index (χ3n) is 5.16. The molecular formula is C24H15N3S. The summed E-state index contributed by atoms with van der Waals surface area (Å²) in [4.78, 5) is 9.44. The van der Waals surface area contributed by atoms with Gasteiger partial charge >= 0.3 is 0 Å². The number of hydrogen-bond donors (Lipinski definition) is 0. The fourth-order valence-corrected chi connectivity index (χ4v) is 4.85. The smallest absolute Gasteiger partial charge is 0.161 e. The Morgan fingerprint density at radius 1 is 0.750 bits per heavy atom. The highest BCUT2D eigenvalue weighted by Crippen LogP contribution is 2.38. The lowest BCUT2D eigenvalue weighted by molar-refractivity contribution is 1.05. The summed E-state index contributed by atoms with van der Waals surface area (Å²) in [6.07, 6.45) is 1.85. The van der Waals surface area contributed by atoms with Crippen molar-refractivity contribution >= 4 is 43.2 Å². The molecule has 0 radical (unpaired) electrons. The van der Waals surface area contributed by atoms with Crippen molar-refractivity contribution in [2.75, 3.05) is 0 Å². The molecule has 0 spiro atoms. The highest BCUT2D eigenvalue weighted by molar-refractivity contribution is 7.18. The van der Waals surface area contributed by atoms with Crippen LogP contribution in [-0.2, 0) is 0 Å². The molecule has 6 rings (SSSR count). The Morgan fingerprint density at radius 2 is 1.61 bits per heavy atom. The van der Waals surface area contributed by atoms with E-state index in [2.05, 4.69) is 57.4 Å². The van der Waals surface area contributed by atoms with Gasteiger partial charge in [-0.2, -0.15) is 0 Å². The molecule has 28 heavy (non-hydrogen) atoms. The maximum absolute atomic E-state index is 4.93. The molecule has 0 aliphatic heterocycles.